The maximum atomic E-state index is 5.98. The molecule has 0 amide bonds. The van der Waals surface area contributed by atoms with E-state index in [1.54, 1.807) is 4.68 Å². The van der Waals surface area contributed by atoms with Crippen molar-refractivity contribution in [2.45, 2.75) is 27.3 Å². The number of rotatable bonds is 3. The first-order chi connectivity index (χ1) is 8.52. The molecule has 1 aromatic carbocycles. The summed E-state index contributed by atoms with van der Waals surface area (Å²) in [7, 11) is 0. The minimum Gasteiger partial charge on any atom is -0.436 e. The third-order valence-electron chi connectivity index (χ3n) is 2.72. The van der Waals surface area contributed by atoms with E-state index in [0.29, 0.717) is 11.6 Å². The lowest BCUT2D eigenvalue weighted by molar-refractivity contribution is 0.416. The molecule has 0 fully saturated rings. The lowest BCUT2D eigenvalue weighted by Gasteiger charge is -2.10. The SMILES string of the molecule is CCn1nc(C)c(N)c1Oc1ccc(C)cc1Br. The normalized spacial score (nSPS) is 10.7. The van der Waals surface area contributed by atoms with Crippen LogP contribution in [0.25, 0.3) is 0 Å². The molecule has 0 aliphatic carbocycles. The third-order valence-corrected chi connectivity index (χ3v) is 3.34. The molecule has 2 N–H and O–H groups in total. The fraction of sp³-hybridized carbons (Fsp3) is 0.308. The van der Waals surface area contributed by atoms with E-state index in [0.717, 1.165) is 22.5 Å². The first kappa shape index (κ1) is 13.0. The first-order valence-electron chi connectivity index (χ1n) is 5.79. The molecule has 18 heavy (non-hydrogen) atoms. The number of hydrogen-bond acceptors (Lipinski definition) is 3. The second-order valence-corrected chi connectivity index (χ2v) is 5.01. The van der Waals surface area contributed by atoms with E-state index in [9.17, 15) is 0 Å². The molecule has 0 spiro atoms. The van der Waals surface area contributed by atoms with E-state index >= 15 is 0 Å². The molecule has 1 aromatic heterocycles. The maximum absolute atomic E-state index is 5.98. The van der Waals surface area contributed by atoms with Crippen LogP contribution in [0.1, 0.15) is 18.2 Å². The molecule has 0 unspecified atom stereocenters. The Morgan fingerprint density at radius 3 is 2.72 bits per heavy atom. The van der Waals surface area contributed by atoms with Crippen LogP contribution < -0.4 is 10.5 Å². The predicted molar refractivity (Wildman–Crippen MR) is 76.0 cm³/mol. The van der Waals surface area contributed by atoms with Gasteiger partial charge in [-0.3, -0.25) is 0 Å². The quantitative estimate of drug-likeness (QED) is 0.941. The summed E-state index contributed by atoms with van der Waals surface area (Å²) >= 11 is 3.49. The van der Waals surface area contributed by atoms with Gasteiger partial charge in [0.2, 0.25) is 5.88 Å². The van der Waals surface area contributed by atoms with Crippen LogP contribution in [0.15, 0.2) is 22.7 Å². The monoisotopic (exact) mass is 309 g/mol. The molecule has 4 nitrogen and oxygen atoms in total. The highest BCUT2D eigenvalue weighted by Gasteiger charge is 2.14. The zero-order chi connectivity index (χ0) is 13.3. The van der Waals surface area contributed by atoms with E-state index in [-0.39, 0.29) is 0 Å². The van der Waals surface area contributed by atoms with Gasteiger partial charge in [0.15, 0.2) is 0 Å². The van der Waals surface area contributed by atoms with Crippen molar-refractivity contribution >= 4 is 21.6 Å². The van der Waals surface area contributed by atoms with Crippen molar-refractivity contribution in [3.8, 4) is 11.6 Å². The van der Waals surface area contributed by atoms with Crippen molar-refractivity contribution in [3.63, 3.8) is 0 Å². The first-order valence-corrected chi connectivity index (χ1v) is 6.59. The second-order valence-electron chi connectivity index (χ2n) is 4.16. The minimum atomic E-state index is 0.587. The minimum absolute atomic E-state index is 0.587. The summed E-state index contributed by atoms with van der Waals surface area (Å²) in [6, 6.07) is 5.92. The van der Waals surface area contributed by atoms with E-state index in [4.69, 9.17) is 10.5 Å². The van der Waals surface area contributed by atoms with Gasteiger partial charge in [0.05, 0.1) is 10.2 Å². The summed E-state index contributed by atoms with van der Waals surface area (Å²) in [6.07, 6.45) is 0. The number of nitrogens with two attached hydrogens (primary N) is 1. The Labute approximate surface area is 115 Å². The highest BCUT2D eigenvalue weighted by molar-refractivity contribution is 9.10. The van der Waals surface area contributed by atoms with Crippen molar-refractivity contribution in [2.75, 3.05) is 5.73 Å². The van der Waals surface area contributed by atoms with Crippen molar-refractivity contribution < 1.29 is 4.74 Å². The predicted octanol–water partition coefficient (Wildman–Crippen LogP) is 3.66. The number of nitrogens with zero attached hydrogens (tertiary/aromatic N) is 2. The number of nitrogen functional groups attached to an aromatic ring is 1. The maximum Gasteiger partial charge on any atom is 0.241 e. The van der Waals surface area contributed by atoms with Gasteiger partial charge in [-0.2, -0.15) is 5.10 Å². The lowest BCUT2D eigenvalue weighted by atomic mass is 10.2. The second kappa shape index (κ2) is 5.02. The Morgan fingerprint density at radius 2 is 2.11 bits per heavy atom. The molecule has 2 rings (SSSR count). The molecule has 0 aliphatic rings. The molecule has 2 aromatic rings. The fourth-order valence-corrected chi connectivity index (χ4v) is 2.26. The molecule has 0 saturated carbocycles. The molecule has 5 heteroatoms. The zero-order valence-corrected chi connectivity index (χ0v) is 12.3. The number of benzene rings is 1. The van der Waals surface area contributed by atoms with E-state index in [1.165, 1.54) is 5.56 Å². The van der Waals surface area contributed by atoms with Gasteiger partial charge >= 0.3 is 0 Å². The number of aryl methyl sites for hydroxylation is 3. The molecule has 1 heterocycles. The summed E-state index contributed by atoms with van der Waals surface area (Å²) in [4.78, 5) is 0. The topological polar surface area (TPSA) is 53.1 Å². The molecular formula is C13H16BrN3O. The van der Waals surface area contributed by atoms with Gasteiger partial charge in [0.1, 0.15) is 11.4 Å². The van der Waals surface area contributed by atoms with Crippen LogP contribution in [0, 0.1) is 13.8 Å². The van der Waals surface area contributed by atoms with Gasteiger partial charge in [-0.1, -0.05) is 6.07 Å². The van der Waals surface area contributed by atoms with E-state index < -0.39 is 0 Å². The van der Waals surface area contributed by atoms with E-state index in [2.05, 4.69) is 21.0 Å². The van der Waals surface area contributed by atoms with Crippen LogP contribution in [0.5, 0.6) is 11.6 Å². The smallest absolute Gasteiger partial charge is 0.241 e. The number of hydrogen-bond donors (Lipinski definition) is 1. The van der Waals surface area contributed by atoms with Gasteiger partial charge < -0.3 is 10.5 Å². The summed E-state index contributed by atoms with van der Waals surface area (Å²) in [6.45, 7) is 6.63. The zero-order valence-electron chi connectivity index (χ0n) is 10.7. The molecule has 0 radical (unpaired) electrons. The van der Waals surface area contributed by atoms with Crippen molar-refractivity contribution in [2.24, 2.45) is 0 Å². The summed E-state index contributed by atoms with van der Waals surface area (Å²) < 4.78 is 8.53. The number of ether oxygens (including phenoxy) is 1. The number of halogens is 1. The van der Waals surface area contributed by atoms with Gasteiger partial charge in [0, 0.05) is 6.54 Å². The van der Waals surface area contributed by atoms with Crippen LogP contribution in [-0.4, -0.2) is 9.78 Å². The Hall–Kier alpha value is -1.49. The molecule has 0 bridgehead atoms. The van der Waals surface area contributed by atoms with Gasteiger partial charge in [-0.05, 0) is 54.4 Å². The third kappa shape index (κ3) is 2.36. The molecule has 0 atom stereocenters. The van der Waals surface area contributed by atoms with Crippen LogP contribution in [0.2, 0.25) is 0 Å². The lowest BCUT2D eigenvalue weighted by Crippen LogP contribution is -2.01. The Bertz CT molecular complexity index is 578. The number of aromatic nitrogens is 2. The highest BCUT2D eigenvalue weighted by Crippen LogP contribution is 2.34. The standard InChI is InChI=1S/C13H16BrN3O/c1-4-17-13(12(15)9(3)16-17)18-11-6-5-8(2)7-10(11)14/h5-7H,4,15H2,1-3H3. The van der Waals surface area contributed by atoms with Crippen LogP contribution in [0.3, 0.4) is 0 Å². The summed E-state index contributed by atoms with van der Waals surface area (Å²) in [5.74, 6) is 1.33. The average molecular weight is 310 g/mol. The average Bonchev–Trinajstić information content (AvgIpc) is 2.60. The molecule has 0 saturated heterocycles. The summed E-state index contributed by atoms with van der Waals surface area (Å²) in [5, 5.41) is 4.32. The van der Waals surface area contributed by atoms with Crippen molar-refractivity contribution in [1.29, 1.82) is 0 Å². The molecule has 96 valence electrons. The van der Waals surface area contributed by atoms with Crippen molar-refractivity contribution in [3.05, 3.63) is 33.9 Å². The van der Waals surface area contributed by atoms with Crippen LogP contribution in [-0.2, 0) is 6.54 Å². The van der Waals surface area contributed by atoms with Crippen molar-refractivity contribution in [1.82, 2.24) is 9.78 Å². The van der Waals surface area contributed by atoms with Gasteiger partial charge in [-0.15, -0.1) is 0 Å². The van der Waals surface area contributed by atoms with Crippen LogP contribution >= 0.6 is 15.9 Å². The van der Waals surface area contributed by atoms with Gasteiger partial charge in [0.25, 0.3) is 0 Å². The Morgan fingerprint density at radius 1 is 1.39 bits per heavy atom. The van der Waals surface area contributed by atoms with Gasteiger partial charge in [-0.25, -0.2) is 4.68 Å². The number of anilines is 1. The Balaban J connectivity index is 2.39. The largest absolute Gasteiger partial charge is 0.436 e. The fourth-order valence-electron chi connectivity index (χ4n) is 1.69. The van der Waals surface area contributed by atoms with E-state index in [1.807, 2.05) is 39.0 Å². The van der Waals surface area contributed by atoms with Crippen LogP contribution in [0.4, 0.5) is 5.69 Å². The molecule has 0 aliphatic heterocycles. The Kier molecular flexibility index (Phi) is 3.61. The summed E-state index contributed by atoms with van der Waals surface area (Å²) in [5.41, 5.74) is 8.53. The molecular weight excluding hydrogens is 294 g/mol. The highest BCUT2D eigenvalue weighted by atomic mass is 79.9.